The number of amides is 3. The van der Waals surface area contributed by atoms with Crippen LogP contribution in [0.3, 0.4) is 0 Å². The summed E-state index contributed by atoms with van der Waals surface area (Å²) in [5.74, 6) is 1.21. The monoisotopic (exact) mass is 329 g/mol. The quantitative estimate of drug-likeness (QED) is 0.761. The predicted octanol–water partition coefficient (Wildman–Crippen LogP) is 0.405. The molecule has 0 spiro atoms. The number of nitrogens with zero attached hydrogens (tertiary/aromatic N) is 2. The zero-order valence-corrected chi connectivity index (χ0v) is 13.6. The lowest BCUT2D eigenvalue weighted by atomic mass is 9.92. The number of carbonyl (C=O) groups is 3. The molecule has 0 aromatic carbocycles. The summed E-state index contributed by atoms with van der Waals surface area (Å²) >= 11 is 0. The van der Waals surface area contributed by atoms with E-state index in [1.165, 1.54) is 4.90 Å². The molecule has 22 heavy (non-hydrogen) atoms. The molecule has 0 aromatic heterocycles. The molecular weight excluding hydrogens is 306 g/mol. The SMILES string of the molecule is Cl.O=C(CCN1C(=O)CCC1=O)N1CC[C@@H]2CNC[C@@H]2CC1. The molecule has 3 aliphatic heterocycles. The molecule has 3 aliphatic rings. The van der Waals surface area contributed by atoms with Crippen LogP contribution in [-0.2, 0) is 14.4 Å². The van der Waals surface area contributed by atoms with Crippen LogP contribution >= 0.6 is 12.4 Å². The van der Waals surface area contributed by atoms with Crippen LogP contribution in [-0.4, -0.2) is 60.2 Å². The summed E-state index contributed by atoms with van der Waals surface area (Å²) in [6.07, 6.45) is 2.99. The van der Waals surface area contributed by atoms with Gasteiger partial charge in [-0.3, -0.25) is 19.3 Å². The van der Waals surface area contributed by atoms with Crippen LogP contribution in [0.5, 0.6) is 0 Å². The Morgan fingerprint density at radius 3 is 2.14 bits per heavy atom. The highest BCUT2D eigenvalue weighted by Crippen LogP contribution is 2.27. The molecule has 0 unspecified atom stereocenters. The van der Waals surface area contributed by atoms with Gasteiger partial charge in [-0.2, -0.15) is 0 Å². The van der Waals surface area contributed by atoms with Gasteiger partial charge in [0, 0.05) is 38.9 Å². The van der Waals surface area contributed by atoms with Gasteiger partial charge in [-0.1, -0.05) is 0 Å². The fourth-order valence-corrected chi connectivity index (χ4v) is 3.71. The first kappa shape index (κ1) is 17.2. The molecule has 0 radical (unpaired) electrons. The molecule has 7 heteroatoms. The Morgan fingerprint density at radius 1 is 1.05 bits per heavy atom. The van der Waals surface area contributed by atoms with Gasteiger partial charge in [-0.15, -0.1) is 12.4 Å². The summed E-state index contributed by atoms with van der Waals surface area (Å²) in [7, 11) is 0. The van der Waals surface area contributed by atoms with Gasteiger partial charge in [0.2, 0.25) is 17.7 Å². The van der Waals surface area contributed by atoms with Gasteiger partial charge in [-0.25, -0.2) is 0 Å². The maximum absolute atomic E-state index is 12.3. The van der Waals surface area contributed by atoms with Crippen LogP contribution in [0.2, 0.25) is 0 Å². The second-order valence-corrected chi connectivity index (χ2v) is 6.33. The van der Waals surface area contributed by atoms with Gasteiger partial charge in [0.25, 0.3) is 0 Å². The zero-order chi connectivity index (χ0) is 14.8. The molecule has 124 valence electrons. The molecule has 6 nitrogen and oxygen atoms in total. The average Bonchev–Trinajstić information content (AvgIpc) is 2.98. The Balaban J connectivity index is 0.00000176. The molecule has 3 amide bonds. The maximum Gasteiger partial charge on any atom is 0.229 e. The molecule has 3 saturated heterocycles. The second-order valence-electron chi connectivity index (χ2n) is 6.33. The summed E-state index contributed by atoms with van der Waals surface area (Å²) in [5, 5.41) is 3.42. The van der Waals surface area contributed by atoms with Crippen molar-refractivity contribution in [1.82, 2.24) is 15.1 Å². The molecule has 0 saturated carbocycles. The highest BCUT2D eigenvalue weighted by Gasteiger charge is 2.32. The highest BCUT2D eigenvalue weighted by atomic mass is 35.5. The van der Waals surface area contributed by atoms with Crippen molar-refractivity contribution in [2.45, 2.75) is 32.1 Å². The van der Waals surface area contributed by atoms with Crippen LogP contribution in [0.4, 0.5) is 0 Å². The molecule has 3 fully saturated rings. The van der Waals surface area contributed by atoms with E-state index in [1.807, 2.05) is 4.90 Å². The summed E-state index contributed by atoms with van der Waals surface area (Å²) in [6, 6.07) is 0. The summed E-state index contributed by atoms with van der Waals surface area (Å²) in [5.41, 5.74) is 0. The van der Waals surface area contributed by atoms with E-state index in [2.05, 4.69) is 5.32 Å². The summed E-state index contributed by atoms with van der Waals surface area (Å²) < 4.78 is 0. The van der Waals surface area contributed by atoms with E-state index < -0.39 is 0 Å². The Bertz CT molecular complexity index is 427. The number of imide groups is 1. The molecule has 1 N–H and O–H groups in total. The summed E-state index contributed by atoms with van der Waals surface area (Å²) in [6.45, 7) is 4.02. The van der Waals surface area contributed by atoms with Crippen molar-refractivity contribution in [2.24, 2.45) is 11.8 Å². The fourth-order valence-electron chi connectivity index (χ4n) is 3.71. The van der Waals surface area contributed by atoms with E-state index in [4.69, 9.17) is 0 Å². The van der Waals surface area contributed by atoms with Crippen LogP contribution < -0.4 is 5.32 Å². The molecule has 3 rings (SSSR count). The summed E-state index contributed by atoms with van der Waals surface area (Å²) in [4.78, 5) is 38.5. The van der Waals surface area contributed by atoms with Gasteiger partial charge in [-0.05, 0) is 37.8 Å². The number of likely N-dealkylation sites (tertiary alicyclic amines) is 2. The van der Waals surface area contributed by atoms with Gasteiger partial charge in [0.15, 0.2) is 0 Å². The first-order chi connectivity index (χ1) is 10.1. The lowest BCUT2D eigenvalue weighted by molar-refractivity contribution is -0.139. The second kappa shape index (κ2) is 7.42. The van der Waals surface area contributed by atoms with Crippen LogP contribution in [0, 0.1) is 11.8 Å². The maximum atomic E-state index is 12.3. The van der Waals surface area contributed by atoms with Crippen molar-refractivity contribution in [3.8, 4) is 0 Å². The fraction of sp³-hybridized carbons (Fsp3) is 0.800. The van der Waals surface area contributed by atoms with Crippen molar-refractivity contribution in [2.75, 3.05) is 32.7 Å². The number of nitrogens with one attached hydrogen (secondary N) is 1. The molecule has 0 bridgehead atoms. The largest absolute Gasteiger partial charge is 0.343 e. The normalized spacial score (nSPS) is 28.4. The average molecular weight is 330 g/mol. The minimum Gasteiger partial charge on any atom is -0.343 e. The van der Waals surface area contributed by atoms with E-state index >= 15 is 0 Å². The Hall–Kier alpha value is -1.14. The van der Waals surface area contributed by atoms with Gasteiger partial charge < -0.3 is 10.2 Å². The van der Waals surface area contributed by atoms with Crippen LogP contribution in [0.1, 0.15) is 32.1 Å². The minimum absolute atomic E-state index is 0. The van der Waals surface area contributed by atoms with Gasteiger partial charge in [0.05, 0.1) is 0 Å². The standard InChI is InChI=1S/C15H23N3O3.ClH/c19-13(5-8-18-14(20)1-2-15(18)21)17-6-3-11-9-16-10-12(11)4-7-17;/h11-12,16H,1-10H2;1H/t11-,12+;. The smallest absolute Gasteiger partial charge is 0.229 e. The van der Waals surface area contributed by atoms with Crippen molar-refractivity contribution >= 4 is 30.1 Å². The number of carbonyl (C=O) groups excluding carboxylic acids is 3. The predicted molar refractivity (Wildman–Crippen MR) is 83.5 cm³/mol. The first-order valence-corrected chi connectivity index (χ1v) is 7.97. The van der Waals surface area contributed by atoms with E-state index in [-0.39, 0.29) is 43.1 Å². The van der Waals surface area contributed by atoms with E-state index in [1.54, 1.807) is 0 Å². The van der Waals surface area contributed by atoms with Crippen molar-refractivity contribution in [1.29, 1.82) is 0 Å². The first-order valence-electron chi connectivity index (χ1n) is 7.97. The number of rotatable bonds is 3. The number of hydrogen-bond donors (Lipinski definition) is 1. The highest BCUT2D eigenvalue weighted by molar-refractivity contribution is 6.02. The number of fused-ring (bicyclic) bond motifs is 1. The number of halogens is 1. The third-order valence-corrected chi connectivity index (χ3v) is 5.08. The van der Waals surface area contributed by atoms with Crippen LogP contribution in [0.25, 0.3) is 0 Å². The molecule has 0 aliphatic carbocycles. The van der Waals surface area contributed by atoms with Gasteiger partial charge >= 0.3 is 0 Å². The molecular formula is C15H24ClN3O3. The molecule has 2 atom stereocenters. The Kier molecular flexibility index (Phi) is 5.81. The van der Waals surface area contributed by atoms with Crippen LogP contribution in [0.15, 0.2) is 0 Å². The lowest BCUT2D eigenvalue weighted by Crippen LogP contribution is -2.37. The molecule has 3 heterocycles. The van der Waals surface area contributed by atoms with Crippen molar-refractivity contribution in [3.63, 3.8) is 0 Å². The zero-order valence-electron chi connectivity index (χ0n) is 12.8. The van der Waals surface area contributed by atoms with Crippen molar-refractivity contribution in [3.05, 3.63) is 0 Å². The third-order valence-electron chi connectivity index (χ3n) is 5.08. The van der Waals surface area contributed by atoms with E-state index in [0.717, 1.165) is 39.0 Å². The Morgan fingerprint density at radius 2 is 1.59 bits per heavy atom. The van der Waals surface area contributed by atoms with E-state index in [0.29, 0.717) is 24.7 Å². The van der Waals surface area contributed by atoms with E-state index in [9.17, 15) is 14.4 Å². The van der Waals surface area contributed by atoms with Crippen molar-refractivity contribution < 1.29 is 14.4 Å². The third kappa shape index (κ3) is 3.60. The lowest BCUT2D eigenvalue weighted by Gasteiger charge is -2.22. The number of hydrogen-bond acceptors (Lipinski definition) is 4. The molecule has 0 aromatic rings. The Labute approximate surface area is 137 Å². The topological polar surface area (TPSA) is 69.7 Å². The minimum atomic E-state index is -0.135. The van der Waals surface area contributed by atoms with Gasteiger partial charge in [0.1, 0.15) is 0 Å².